The first-order valence-corrected chi connectivity index (χ1v) is 8.58. The van der Waals surface area contributed by atoms with Crippen molar-refractivity contribution in [2.75, 3.05) is 32.5 Å². The van der Waals surface area contributed by atoms with Crippen LogP contribution in [0.4, 0.5) is 0 Å². The highest BCUT2D eigenvalue weighted by molar-refractivity contribution is 14.0. The molecule has 0 saturated carbocycles. The predicted molar refractivity (Wildman–Crippen MR) is 107 cm³/mol. The lowest BCUT2D eigenvalue weighted by atomic mass is 10.2. The van der Waals surface area contributed by atoms with Gasteiger partial charge in [-0.25, -0.2) is 0 Å². The highest BCUT2D eigenvalue weighted by Gasteiger charge is 2.15. The molecule has 0 aromatic heterocycles. The van der Waals surface area contributed by atoms with Crippen LogP contribution in [-0.4, -0.2) is 43.7 Å². The van der Waals surface area contributed by atoms with Crippen molar-refractivity contribution in [3.63, 3.8) is 0 Å². The molecule has 1 unspecified atom stereocenters. The van der Waals surface area contributed by atoms with Crippen molar-refractivity contribution in [3.8, 4) is 5.75 Å². The Morgan fingerprint density at radius 3 is 2.73 bits per heavy atom. The van der Waals surface area contributed by atoms with Gasteiger partial charge in [-0.15, -0.1) is 24.0 Å². The summed E-state index contributed by atoms with van der Waals surface area (Å²) in [4.78, 5) is 4.23. The maximum Gasteiger partial charge on any atom is 0.191 e. The van der Waals surface area contributed by atoms with Gasteiger partial charge in [0.1, 0.15) is 12.4 Å². The summed E-state index contributed by atoms with van der Waals surface area (Å²) in [5.41, 5.74) is 1.25. The van der Waals surface area contributed by atoms with E-state index in [9.17, 15) is 0 Å². The van der Waals surface area contributed by atoms with E-state index in [1.807, 2.05) is 12.1 Å². The molecule has 1 aliphatic heterocycles. The summed E-state index contributed by atoms with van der Waals surface area (Å²) in [6.45, 7) is 4.43. The molecule has 0 aliphatic carbocycles. The number of halogens is 1. The summed E-state index contributed by atoms with van der Waals surface area (Å²) < 4.78 is 5.68. The third-order valence-corrected chi connectivity index (χ3v) is 4.83. The Morgan fingerprint density at radius 1 is 1.32 bits per heavy atom. The molecule has 0 amide bonds. The van der Waals surface area contributed by atoms with Crippen LogP contribution < -0.4 is 15.4 Å². The molecule has 4 nitrogen and oxygen atoms in total. The molecule has 1 aromatic carbocycles. The van der Waals surface area contributed by atoms with Crippen LogP contribution in [0.1, 0.15) is 18.4 Å². The van der Waals surface area contributed by atoms with Crippen LogP contribution in [0, 0.1) is 6.92 Å². The first-order valence-electron chi connectivity index (χ1n) is 7.53. The van der Waals surface area contributed by atoms with Crippen LogP contribution in [0.3, 0.4) is 0 Å². The third-order valence-electron chi connectivity index (χ3n) is 3.43. The van der Waals surface area contributed by atoms with Crippen LogP contribution in [0.15, 0.2) is 29.3 Å². The fourth-order valence-corrected chi connectivity index (χ4v) is 3.41. The number of benzene rings is 1. The lowest BCUT2D eigenvalue weighted by molar-refractivity contribution is 0.322. The van der Waals surface area contributed by atoms with E-state index < -0.39 is 0 Å². The number of nitrogens with zero attached hydrogens (tertiary/aromatic N) is 1. The summed E-state index contributed by atoms with van der Waals surface area (Å²) in [6.07, 6.45) is 2.65. The van der Waals surface area contributed by atoms with Gasteiger partial charge in [-0.3, -0.25) is 4.99 Å². The van der Waals surface area contributed by atoms with Crippen molar-refractivity contribution in [1.82, 2.24) is 10.6 Å². The number of ether oxygens (including phenoxy) is 1. The number of nitrogens with one attached hydrogen (secondary N) is 2. The maximum absolute atomic E-state index is 5.68. The molecule has 22 heavy (non-hydrogen) atoms. The lowest BCUT2D eigenvalue weighted by Gasteiger charge is -2.15. The average molecular weight is 435 g/mol. The average Bonchev–Trinajstić information content (AvgIpc) is 3.02. The van der Waals surface area contributed by atoms with Gasteiger partial charge in [-0.05, 0) is 37.7 Å². The van der Waals surface area contributed by atoms with Gasteiger partial charge in [-0.1, -0.05) is 17.7 Å². The van der Waals surface area contributed by atoms with E-state index in [0.717, 1.165) is 30.0 Å². The minimum absolute atomic E-state index is 0. The Bertz CT molecular complexity index is 447. The van der Waals surface area contributed by atoms with E-state index in [4.69, 9.17) is 4.74 Å². The smallest absolute Gasteiger partial charge is 0.191 e. The van der Waals surface area contributed by atoms with E-state index in [-0.39, 0.29) is 24.0 Å². The SMILES string of the molecule is CN=C(NCCOc1ccc(C)cc1)NCC1CCCS1.I. The number of thioether (sulfide) groups is 1. The van der Waals surface area contributed by atoms with Gasteiger partial charge in [0.2, 0.25) is 0 Å². The van der Waals surface area contributed by atoms with E-state index >= 15 is 0 Å². The summed E-state index contributed by atoms with van der Waals surface area (Å²) in [6, 6.07) is 8.12. The molecule has 2 rings (SSSR count). The quantitative estimate of drug-likeness (QED) is 0.312. The molecular weight excluding hydrogens is 409 g/mol. The maximum atomic E-state index is 5.68. The number of guanidine groups is 1. The van der Waals surface area contributed by atoms with Crippen LogP contribution in [0.2, 0.25) is 0 Å². The fraction of sp³-hybridized carbons (Fsp3) is 0.562. The first kappa shape index (κ1) is 19.4. The number of hydrogen-bond donors (Lipinski definition) is 2. The molecule has 1 aliphatic rings. The molecule has 0 spiro atoms. The number of aryl methyl sites for hydroxylation is 1. The second kappa shape index (κ2) is 11.0. The molecule has 2 N–H and O–H groups in total. The Labute approximate surface area is 154 Å². The monoisotopic (exact) mass is 435 g/mol. The van der Waals surface area contributed by atoms with Gasteiger partial charge in [0, 0.05) is 18.8 Å². The van der Waals surface area contributed by atoms with Crippen LogP contribution >= 0.6 is 35.7 Å². The summed E-state index contributed by atoms with van der Waals surface area (Å²) in [7, 11) is 1.80. The molecule has 124 valence electrons. The normalized spacial score (nSPS) is 17.7. The zero-order chi connectivity index (χ0) is 14.9. The lowest BCUT2D eigenvalue weighted by Crippen LogP contribution is -2.41. The van der Waals surface area contributed by atoms with Crippen molar-refractivity contribution >= 4 is 41.7 Å². The highest BCUT2D eigenvalue weighted by Crippen LogP contribution is 2.25. The van der Waals surface area contributed by atoms with Crippen molar-refractivity contribution < 1.29 is 4.74 Å². The Kier molecular flexibility index (Phi) is 9.70. The molecule has 1 atom stereocenters. The van der Waals surface area contributed by atoms with E-state index in [1.165, 1.54) is 24.2 Å². The fourth-order valence-electron chi connectivity index (χ4n) is 2.21. The Morgan fingerprint density at radius 2 is 2.09 bits per heavy atom. The number of rotatable bonds is 6. The molecular formula is C16H26IN3OS. The predicted octanol–water partition coefficient (Wildman–Crippen LogP) is 3.05. The molecule has 1 fully saturated rings. The summed E-state index contributed by atoms with van der Waals surface area (Å²) >= 11 is 2.05. The topological polar surface area (TPSA) is 45.7 Å². The van der Waals surface area contributed by atoms with Crippen molar-refractivity contribution in [1.29, 1.82) is 0 Å². The zero-order valence-corrected chi connectivity index (χ0v) is 16.4. The zero-order valence-electron chi connectivity index (χ0n) is 13.3. The molecule has 1 heterocycles. The van der Waals surface area contributed by atoms with Crippen LogP contribution in [-0.2, 0) is 0 Å². The second-order valence-corrected chi connectivity index (χ2v) is 6.58. The van der Waals surface area contributed by atoms with E-state index in [1.54, 1.807) is 7.05 Å². The van der Waals surface area contributed by atoms with Crippen molar-refractivity contribution in [3.05, 3.63) is 29.8 Å². The summed E-state index contributed by atoms with van der Waals surface area (Å²) in [5.74, 6) is 3.06. The van der Waals surface area contributed by atoms with Crippen molar-refractivity contribution in [2.24, 2.45) is 4.99 Å². The Balaban J connectivity index is 0.00000242. The van der Waals surface area contributed by atoms with Crippen LogP contribution in [0.25, 0.3) is 0 Å². The second-order valence-electron chi connectivity index (χ2n) is 5.18. The first-order chi connectivity index (χ1) is 10.3. The number of hydrogen-bond acceptors (Lipinski definition) is 3. The van der Waals surface area contributed by atoms with Gasteiger partial charge in [0.25, 0.3) is 0 Å². The van der Waals surface area contributed by atoms with E-state index in [0.29, 0.717) is 6.61 Å². The minimum Gasteiger partial charge on any atom is -0.492 e. The van der Waals surface area contributed by atoms with Gasteiger partial charge >= 0.3 is 0 Å². The van der Waals surface area contributed by atoms with Crippen LogP contribution in [0.5, 0.6) is 5.75 Å². The molecule has 6 heteroatoms. The van der Waals surface area contributed by atoms with E-state index in [2.05, 4.69) is 46.4 Å². The third kappa shape index (κ3) is 7.09. The largest absolute Gasteiger partial charge is 0.492 e. The minimum atomic E-state index is 0. The van der Waals surface area contributed by atoms with Gasteiger partial charge in [0.05, 0.1) is 6.54 Å². The molecule has 1 saturated heterocycles. The molecule has 1 aromatic rings. The molecule has 0 bridgehead atoms. The number of aliphatic imine (C=N–C) groups is 1. The highest BCUT2D eigenvalue weighted by atomic mass is 127. The van der Waals surface area contributed by atoms with Gasteiger partial charge < -0.3 is 15.4 Å². The van der Waals surface area contributed by atoms with Crippen molar-refractivity contribution in [2.45, 2.75) is 25.0 Å². The molecule has 0 radical (unpaired) electrons. The summed E-state index contributed by atoms with van der Waals surface area (Å²) in [5, 5.41) is 7.39. The van der Waals surface area contributed by atoms with Gasteiger partial charge in [0.15, 0.2) is 5.96 Å². The standard InChI is InChI=1S/C16H25N3OS.HI/c1-13-5-7-14(8-6-13)20-10-9-18-16(17-2)19-12-15-4-3-11-21-15;/h5-8,15H,3-4,9-12H2,1-2H3,(H2,17,18,19);1H. The van der Waals surface area contributed by atoms with Gasteiger partial charge in [-0.2, -0.15) is 11.8 Å². The Hall–Kier alpha value is -0.630.